The standard InChI is InChI=1S/C27H21N3/c1-27(2)22-8-4-6-10-25(22)30(26-11-7-5-9-23(26)27)21-14-12-19(13-15-21)24-18-20(28-3)16-17-29-24/h4-18H,1-2H3. The molecule has 1 aromatic heterocycles. The minimum Gasteiger partial charge on any atom is -0.310 e. The molecule has 5 rings (SSSR count). The summed E-state index contributed by atoms with van der Waals surface area (Å²) in [5, 5.41) is 0. The summed E-state index contributed by atoms with van der Waals surface area (Å²) in [6, 6.07) is 29.3. The highest BCUT2D eigenvalue weighted by Gasteiger charge is 2.36. The molecule has 0 radical (unpaired) electrons. The lowest BCUT2D eigenvalue weighted by Gasteiger charge is -2.42. The molecule has 30 heavy (non-hydrogen) atoms. The van der Waals surface area contributed by atoms with Crippen LogP contribution in [0.25, 0.3) is 16.1 Å². The number of hydrogen-bond acceptors (Lipinski definition) is 2. The molecule has 0 fully saturated rings. The molecule has 0 spiro atoms. The molecule has 0 unspecified atom stereocenters. The van der Waals surface area contributed by atoms with Crippen molar-refractivity contribution in [1.82, 2.24) is 4.98 Å². The molecule has 0 aliphatic carbocycles. The van der Waals surface area contributed by atoms with Crippen LogP contribution in [0.2, 0.25) is 0 Å². The van der Waals surface area contributed by atoms with Gasteiger partial charge in [-0.2, -0.15) is 0 Å². The van der Waals surface area contributed by atoms with Gasteiger partial charge in [-0.25, -0.2) is 4.85 Å². The molecular formula is C27H21N3. The molecule has 3 aromatic carbocycles. The van der Waals surface area contributed by atoms with Crippen LogP contribution < -0.4 is 4.90 Å². The third-order valence-electron chi connectivity index (χ3n) is 5.93. The second kappa shape index (κ2) is 6.86. The van der Waals surface area contributed by atoms with Gasteiger partial charge >= 0.3 is 0 Å². The Morgan fingerprint density at radius 3 is 2.00 bits per heavy atom. The highest BCUT2D eigenvalue weighted by molar-refractivity contribution is 5.86. The van der Waals surface area contributed by atoms with Gasteiger partial charge in [0.05, 0.1) is 23.6 Å². The number of fused-ring (bicyclic) bond motifs is 2. The molecule has 1 aliphatic heterocycles. The third-order valence-corrected chi connectivity index (χ3v) is 5.93. The highest BCUT2D eigenvalue weighted by atomic mass is 15.2. The average molecular weight is 387 g/mol. The van der Waals surface area contributed by atoms with Crippen LogP contribution in [0.1, 0.15) is 25.0 Å². The van der Waals surface area contributed by atoms with E-state index < -0.39 is 0 Å². The maximum absolute atomic E-state index is 7.23. The summed E-state index contributed by atoms with van der Waals surface area (Å²) in [6.07, 6.45) is 1.69. The maximum atomic E-state index is 7.23. The van der Waals surface area contributed by atoms with E-state index >= 15 is 0 Å². The summed E-state index contributed by atoms with van der Waals surface area (Å²) in [6.45, 7) is 11.8. The quantitative estimate of drug-likeness (QED) is 0.334. The predicted molar refractivity (Wildman–Crippen MR) is 123 cm³/mol. The number of hydrogen-bond donors (Lipinski definition) is 0. The first-order chi connectivity index (χ1) is 14.6. The van der Waals surface area contributed by atoms with Crippen molar-refractivity contribution in [3.8, 4) is 11.3 Å². The maximum Gasteiger partial charge on any atom is 0.190 e. The van der Waals surface area contributed by atoms with Gasteiger partial charge in [0.1, 0.15) is 0 Å². The van der Waals surface area contributed by atoms with E-state index in [1.807, 2.05) is 6.07 Å². The fourth-order valence-corrected chi connectivity index (χ4v) is 4.38. The second-order valence-electron chi connectivity index (χ2n) is 8.05. The molecule has 4 aromatic rings. The minimum atomic E-state index is -0.0618. The first kappa shape index (κ1) is 18.1. The summed E-state index contributed by atoms with van der Waals surface area (Å²) in [5.74, 6) is 0. The number of benzene rings is 3. The van der Waals surface area contributed by atoms with Crippen LogP contribution in [-0.4, -0.2) is 4.98 Å². The van der Waals surface area contributed by atoms with E-state index in [2.05, 4.69) is 101 Å². The predicted octanol–water partition coefficient (Wildman–Crippen LogP) is 7.41. The normalized spacial score (nSPS) is 13.8. The summed E-state index contributed by atoms with van der Waals surface area (Å²) in [7, 11) is 0. The number of rotatable bonds is 2. The fraction of sp³-hybridized carbons (Fsp3) is 0.111. The Balaban J connectivity index is 1.64. The number of para-hydroxylation sites is 2. The zero-order valence-electron chi connectivity index (χ0n) is 17.0. The van der Waals surface area contributed by atoms with Crippen LogP contribution in [0, 0.1) is 6.57 Å². The largest absolute Gasteiger partial charge is 0.310 e. The third kappa shape index (κ3) is 2.77. The lowest BCUT2D eigenvalue weighted by atomic mass is 9.73. The lowest BCUT2D eigenvalue weighted by Crippen LogP contribution is -2.30. The summed E-state index contributed by atoms with van der Waals surface area (Å²) >= 11 is 0. The minimum absolute atomic E-state index is 0.0618. The summed E-state index contributed by atoms with van der Waals surface area (Å²) in [5.41, 5.74) is 8.52. The number of aromatic nitrogens is 1. The zero-order valence-corrected chi connectivity index (χ0v) is 17.0. The molecule has 0 saturated carbocycles. The van der Waals surface area contributed by atoms with Crippen LogP contribution in [0.4, 0.5) is 22.7 Å². The highest BCUT2D eigenvalue weighted by Crippen LogP contribution is 2.51. The first-order valence-electron chi connectivity index (χ1n) is 10.0. The molecule has 3 heteroatoms. The molecular weight excluding hydrogens is 366 g/mol. The van der Waals surface area contributed by atoms with E-state index in [0.717, 1.165) is 16.9 Å². The fourth-order valence-electron chi connectivity index (χ4n) is 4.38. The van der Waals surface area contributed by atoms with E-state index in [-0.39, 0.29) is 5.41 Å². The summed E-state index contributed by atoms with van der Waals surface area (Å²) < 4.78 is 0. The monoisotopic (exact) mass is 387 g/mol. The van der Waals surface area contributed by atoms with Crippen molar-refractivity contribution in [3.05, 3.63) is 114 Å². The average Bonchev–Trinajstić information content (AvgIpc) is 2.80. The van der Waals surface area contributed by atoms with E-state index in [9.17, 15) is 0 Å². The van der Waals surface area contributed by atoms with Gasteiger partial charge in [0.15, 0.2) is 5.69 Å². The van der Waals surface area contributed by atoms with Crippen molar-refractivity contribution in [2.45, 2.75) is 19.3 Å². The van der Waals surface area contributed by atoms with Crippen molar-refractivity contribution in [3.63, 3.8) is 0 Å². The number of anilines is 3. The van der Waals surface area contributed by atoms with Gasteiger partial charge in [-0.3, -0.25) is 4.98 Å². The molecule has 0 amide bonds. The Hall–Kier alpha value is -3.90. The Labute approximate surface area is 177 Å². The zero-order chi connectivity index (χ0) is 20.7. The van der Waals surface area contributed by atoms with E-state index in [0.29, 0.717) is 5.69 Å². The summed E-state index contributed by atoms with van der Waals surface area (Å²) in [4.78, 5) is 10.3. The van der Waals surface area contributed by atoms with Gasteiger partial charge in [-0.05, 0) is 53.1 Å². The smallest absolute Gasteiger partial charge is 0.190 e. The lowest BCUT2D eigenvalue weighted by molar-refractivity contribution is 0.632. The van der Waals surface area contributed by atoms with Crippen LogP contribution in [0.3, 0.4) is 0 Å². The van der Waals surface area contributed by atoms with Gasteiger partial charge < -0.3 is 4.90 Å². The number of nitrogens with zero attached hydrogens (tertiary/aromatic N) is 3. The SMILES string of the molecule is [C-]#[N+]c1ccnc(-c2ccc(N3c4ccccc4C(C)(C)c4ccccc43)cc2)c1. The molecule has 0 saturated heterocycles. The molecule has 0 atom stereocenters. The van der Waals surface area contributed by atoms with Crippen LogP contribution in [0.15, 0.2) is 91.1 Å². The van der Waals surface area contributed by atoms with Crippen molar-refractivity contribution in [2.75, 3.05) is 4.90 Å². The van der Waals surface area contributed by atoms with Crippen molar-refractivity contribution in [2.24, 2.45) is 0 Å². The Bertz CT molecular complexity index is 1230. The molecule has 2 heterocycles. The van der Waals surface area contributed by atoms with Crippen molar-refractivity contribution < 1.29 is 0 Å². The van der Waals surface area contributed by atoms with Gasteiger partial charge in [0.25, 0.3) is 0 Å². The molecule has 0 bridgehead atoms. The molecule has 3 nitrogen and oxygen atoms in total. The Morgan fingerprint density at radius 1 is 0.800 bits per heavy atom. The van der Waals surface area contributed by atoms with Gasteiger partial charge in [-0.1, -0.05) is 62.4 Å². The molecule has 144 valence electrons. The van der Waals surface area contributed by atoms with E-state index in [4.69, 9.17) is 6.57 Å². The molecule has 0 N–H and O–H groups in total. The van der Waals surface area contributed by atoms with E-state index in [1.165, 1.54) is 22.5 Å². The Morgan fingerprint density at radius 2 is 1.40 bits per heavy atom. The van der Waals surface area contributed by atoms with Gasteiger partial charge in [-0.15, -0.1) is 0 Å². The van der Waals surface area contributed by atoms with Crippen LogP contribution >= 0.6 is 0 Å². The van der Waals surface area contributed by atoms with Crippen molar-refractivity contribution in [1.29, 1.82) is 0 Å². The second-order valence-corrected chi connectivity index (χ2v) is 8.05. The number of pyridine rings is 1. The van der Waals surface area contributed by atoms with Gasteiger partial charge in [0.2, 0.25) is 0 Å². The van der Waals surface area contributed by atoms with Crippen molar-refractivity contribution >= 4 is 22.7 Å². The molecule has 1 aliphatic rings. The van der Waals surface area contributed by atoms with E-state index in [1.54, 1.807) is 12.3 Å². The first-order valence-corrected chi connectivity index (χ1v) is 10.0. The van der Waals surface area contributed by atoms with Crippen LogP contribution in [-0.2, 0) is 5.41 Å². The van der Waals surface area contributed by atoms with Crippen LogP contribution in [0.5, 0.6) is 0 Å². The topological polar surface area (TPSA) is 20.5 Å². The Kier molecular flexibility index (Phi) is 4.15. The van der Waals surface area contributed by atoms with Gasteiger partial charge in [0, 0.05) is 17.3 Å².